The molecule has 21 heavy (non-hydrogen) atoms. The van der Waals surface area contributed by atoms with Crippen molar-refractivity contribution in [3.63, 3.8) is 0 Å². The summed E-state index contributed by atoms with van der Waals surface area (Å²) in [6.07, 6.45) is 7.95. The molecule has 3 aliphatic rings. The predicted octanol–water partition coefficient (Wildman–Crippen LogP) is 1.65. The number of hydrogen-bond acceptors (Lipinski definition) is 4. The third-order valence-corrected chi connectivity index (χ3v) is 5.39. The van der Waals surface area contributed by atoms with Crippen LogP contribution in [0.3, 0.4) is 0 Å². The lowest BCUT2D eigenvalue weighted by atomic mass is 9.85. The molecule has 118 valence electrons. The molecule has 0 radical (unpaired) electrons. The summed E-state index contributed by atoms with van der Waals surface area (Å²) >= 11 is 0. The molecule has 5 heteroatoms. The van der Waals surface area contributed by atoms with Crippen molar-refractivity contribution in [2.75, 3.05) is 20.3 Å². The summed E-state index contributed by atoms with van der Waals surface area (Å²) in [6.45, 7) is 0.721. The Hall–Kier alpha value is -1.10. The second kappa shape index (κ2) is 5.95. The monoisotopic (exact) mass is 295 g/mol. The number of carbonyl (C=O) groups is 2. The van der Waals surface area contributed by atoms with Gasteiger partial charge in [0, 0.05) is 18.9 Å². The van der Waals surface area contributed by atoms with Gasteiger partial charge in [0.25, 0.3) is 0 Å². The summed E-state index contributed by atoms with van der Waals surface area (Å²) in [4.78, 5) is 24.4. The van der Waals surface area contributed by atoms with E-state index in [2.05, 4.69) is 5.32 Å². The van der Waals surface area contributed by atoms with Gasteiger partial charge in [-0.3, -0.25) is 4.79 Å². The highest BCUT2D eigenvalue weighted by Crippen LogP contribution is 2.49. The second-order valence-electron chi connectivity index (χ2n) is 6.77. The van der Waals surface area contributed by atoms with Gasteiger partial charge < -0.3 is 14.8 Å². The molecular formula is C16H25NO4. The Morgan fingerprint density at radius 3 is 2.62 bits per heavy atom. The first kappa shape index (κ1) is 14.8. The molecular weight excluding hydrogens is 270 g/mol. The Balaban J connectivity index is 1.57. The van der Waals surface area contributed by atoms with E-state index in [0.29, 0.717) is 24.9 Å². The van der Waals surface area contributed by atoms with Gasteiger partial charge in [0.05, 0.1) is 13.7 Å². The van der Waals surface area contributed by atoms with Crippen LogP contribution in [0.25, 0.3) is 0 Å². The summed E-state index contributed by atoms with van der Waals surface area (Å²) in [7, 11) is 1.36. The molecule has 3 atom stereocenters. The van der Waals surface area contributed by atoms with E-state index in [4.69, 9.17) is 9.47 Å². The zero-order chi connectivity index (χ0) is 14.9. The van der Waals surface area contributed by atoms with Crippen LogP contribution in [-0.2, 0) is 19.1 Å². The van der Waals surface area contributed by atoms with Gasteiger partial charge in [-0.15, -0.1) is 0 Å². The first-order valence-corrected chi connectivity index (χ1v) is 8.14. The van der Waals surface area contributed by atoms with E-state index >= 15 is 0 Å². The van der Waals surface area contributed by atoms with Crippen LogP contribution in [0.2, 0.25) is 0 Å². The maximum absolute atomic E-state index is 12.5. The van der Waals surface area contributed by atoms with E-state index in [1.807, 2.05) is 0 Å². The average Bonchev–Trinajstić information content (AvgIpc) is 3.20. The third kappa shape index (κ3) is 2.93. The summed E-state index contributed by atoms with van der Waals surface area (Å²) in [5, 5.41) is 2.94. The lowest BCUT2D eigenvalue weighted by molar-refractivity contribution is -0.151. The van der Waals surface area contributed by atoms with Crippen LogP contribution in [0.5, 0.6) is 0 Å². The highest BCUT2D eigenvalue weighted by atomic mass is 16.5. The van der Waals surface area contributed by atoms with Gasteiger partial charge in [-0.05, 0) is 18.3 Å². The van der Waals surface area contributed by atoms with Crippen molar-refractivity contribution < 1.29 is 19.1 Å². The van der Waals surface area contributed by atoms with Crippen molar-refractivity contribution in [1.82, 2.24) is 5.32 Å². The van der Waals surface area contributed by atoms with Gasteiger partial charge in [0.2, 0.25) is 5.91 Å². The Bertz CT molecular complexity index is 411. The number of rotatable bonds is 4. The molecule has 1 N–H and O–H groups in total. The van der Waals surface area contributed by atoms with Gasteiger partial charge in [-0.1, -0.05) is 32.1 Å². The van der Waals surface area contributed by atoms with E-state index in [-0.39, 0.29) is 24.4 Å². The van der Waals surface area contributed by atoms with Crippen LogP contribution >= 0.6 is 0 Å². The predicted molar refractivity (Wildman–Crippen MR) is 76.5 cm³/mol. The summed E-state index contributed by atoms with van der Waals surface area (Å²) in [6, 6.07) is 0. The number of amides is 1. The Labute approximate surface area is 125 Å². The van der Waals surface area contributed by atoms with Crippen molar-refractivity contribution >= 4 is 11.9 Å². The molecule has 0 unspecified atom stereocenters. The minimum Gasteiger partial charge on any atom is -0.467 e. The largest absolute Gasteiger partial charge is 0.467 e. The van der Waals surface area contributed by atoms with Crippen molar-refractivity contribution in [2.45, 2.75) is 50.5 Å². The zero-order valence-corrected chi connectivity index (χ0v) is 12.7. The van der Waals surface area contributed by atoms with Crippen LogP contribution in [0.15, 0.2) is 0 Å². The van der Waals surface area contributed by atoms with Gasteiger partial charge in [0.1, 0.15) is 0 Å². The highest BCUT2D eigenvalue weighted by Gasteiger charge is 2.52. The Kier molecular flexibility index (Phi) is 4.20. The van der Waals surface area contributed by atoms with Crippen molar-refractivity contribution in [3.05, 3.63) is 0 Å². The normalized spacial score (nSPS) is 36.2. The van der Waals surface area contributed by atoms with Crippen molar-refractivity contribution in [3.8, 4) is 0 Å². The molecule has 0 spiro atoms. The molecule has 1 amide bonds. The van der Waals surface area contributed by atoms with Crippen molar-refractivity contribution in [1.29, 1.82) is 0 Å². The van der Waals surface area contributed by atoms with Crippen LogP contribution < -0.4 is 5.32 Å². The maximum Gasteiger partial charge on any atom is 0.334 e. The fraction of sp³-hybridized carbons (Fsp3) is 0.875. The topological polar surface area (TPSA) is 64.6 Å². The fourth-order valence-electron chi connectivity index (χ4n) is 4.00. The number of methoxy groups -OCH3 is 1. The van der Waals surface area contributed by atoms with Gasteiger partial charge in [-0.2, -0.15) is 0 Å². The van der Waals surface area contributed by atoms with Gasteiger partial charge >= 0.3 is 5.97 Å². The smallest absolute Gasteiger partial charge is 0.334 e. The van der Waals surface area contributed by atoms with Gasteiger partial charge in [-0.25, -0.2) is 4.79 Å². The molecule has 0 aromatic rings. The second-order valence-corrected chi connectivity index (χ2v) is 6.77. The molecule has 5 nitrogen and oxygen atoms in total. The summed E-state index contributed by atoms with van der Waals surface area (Å²) in [5.41, 5.74) is -0.953. The molecule has 1 heterocycles. The van der Waals surface area contributed by atoms with E-state index in [1.54, 1.807) is 0 Å². The molecule has 2 saturated carbocycles. The molecule has 0 aromatic carbocycles. The number of nitrogens with one attached hydrogen (secondary N) is 1. The highest BCUT2D eigenvalue weighted by molar-refractivity contribution is 5.90. The van der Waals surface area contributed by atoms with Crippen molar-refractivity contribution in [2.24, 2.45) is 17.8 Å². The SMILES string of the molecule is COC(=O)[C@]1(NC(=O)[C@@H]2C[C@@H]2C2CCCCC2)CCOC1. The standard InChI is InChI=1S/C16H25NO4/c1-20-15(19)16(7-8-21-10-16)17-14(18)13-9-12(13)11-5-3-2-4-6-11/h11-13H,2-10H2,1H3,(H,17,18)/t12-,13-,16+/m1/s1. The molecule has 3 rings (SSSR count). The maximum atomic E-state index is 12.5. The van der Waals surface area contributed by atoms with Crippen LogP contribution in [0.4, 0.5) is 0 Å². The van der Waals surface area contributed by atoms with E-state index in [1.165, 1.54) is 39.2 Å². The molecule has 0 aromatic heterocycles. The van der Waals surface area contributed by atoms with E-state index in [0.717, 1.165) is 6.42 Å². The van der Waals surface area contributed by atoms with Crippen LogP contribution in [0.1, 0.15) is 44.9 Å². The first-order valence-electron chi connectivity index (χ1n) is 8.14. The number of carbonyl (C=O) groups excluding carboxylic acids is 2. The molecule has 2 aliphatic carbocycles. The Morgan fingerprint density at radius 2 is 2.00 bits per heavy atom. The van der Waals surface area contributed by atoms with Crippen LogP contribution in [0, 0.1) is 17.8 Å². The zero-order valence-electron chi connectivity index (χ0n) is 12.7. The molecule has 1 saturated heterocycles. The third-order valence-electron chi connectivity index (χ3n) is 5.39. The summed E-state index contributed by atoms with van der Waals surface area (Å²) < 4.78 is 10.2. The molecule has 0 bridgehead atoms. The minimum absolute atomic E-state index is 0.0153. The minimum atomic E-state index is -0.953. The lowest BCUT2D eigenvalue weighted by Gasteiger charge is -2.26. The Morgan fingerprint density at radius 1 is 1.24 bits per heavy atom. The van der Waals surface area contributed by atoms with Gasteiger partial charge in [0.15, 0.2) is 5.54 Å². The first-order chi connectivity index (χ1) is 10.2. The average molecular weight is 295 g/mol. The number of hydrogen-bond donors (Lipinski definition) is 1. The fourth-order valence-corrected chi connectivity index (χ4v) is 4.00. The summed E-state index contributed by atoms with van der Waals surface area (Å²) in [5.74, 6) is 0.964. The van der Waals surface area contributed by atoms with E-state index in [9.17, 15) is 9.59 Å². The molecule has 1 aliphatic heterocycles. The van der Waals surface area contributed by atoms with E-state index < -0.39 is 5.54 Å². The quantitative estimate of drug-likeness (QED) is 0.801. The number of ether oxygens (including phenoxy) is 2. The lowest BCUT2D eigenvalue weighted by Crippen LogP contribution is -2.56. The molecule has 3 fully saturated rings. The van der Waals surface area contributed by atoms with Crippen LogP contribution in [-0.4, -0.2) is 37.7 Å². The number of esters is 1.